The summed E-state index contributed by atoms with van der Waals surface area (Å²) in [5.74, 6) is 1.58. The molecule has 0 aliphatic carbocycles. The maximum atomic E-state index is 4.27. The summed E-state index contributed by atoms with van der Waals surface area (Å²) in [6.45, 7) is 8.06. The molecule has 1 aliphatic rings. The lowest BCUT2D eigenvalue weighted by atomic mass is 10.0. The van der Waals surface area contributed by atoms with Crippen LogP contribution >= 0.6 is 0 Å². The van der Waals surface area contributed by atoms with Crippen molar-refractivity contribution >= 4 is 0 Å². The Bertz CT molecular complexity index is 311. The summed E-state index contributed by atoms with van der Waals surface area (Å²) in [7, 11) is 0. The maximum Gasteiger partial charge on any atom is 0.0948 e. The normalized spacial score (nSPS) is 20.8. The summed E-state index contributed by atoms with van der Waals surface area (Å²) < 4.78 is 2.33. The second-order valence-corrected chi connectivity index (χ2v) is 5.32. The van der Waals surface area contributed by atoms with Crippen molar-refractivity contribution in [3.8, 4) is 0 Å². The Morgan fingerprint density at radius 2 is 2.44 bits per heavy atom. The third kappa shape index (κ3) is 3.08. The second-order valence-electron chi connectivity index (χ2n) is 5.32. The van der Waals surface area contributed by atoms with E-state index in [4.69, 9.17) is 0 Å². The van der Waals surface area contributed by atoms with E-state index in [1.807, 2.05) is 12.5 Å². The van der Waals surface area contributed by atoms with Crippen LogP contribution in [0.1, 0.15) is 32.4 Å². The van der Waals surface area contributed by atoms with Gasteiger partial charge in [0.1, 0.15) is 0 Å². The molecule has 1 saturated heterocycles. The molecule has 90 valence electrons. The van der Waals surface area contributed by atoms with Crippen LogP contribution in [0.15, 0.2) is 12.5 Å². The SMILES string of the molecule is CC(C)Cc1cncn1CCC1CCNC1. The van der Waals surface area contributed by atoms with Crippen LogP contribution in [0.25, 0.3) is 0 Å². The Hall–Kier alpha value is -0.830. The molecule has 3 nitrogen and oxygen atoms in total. The van der Waals surface area contributed by atoms with Gasteiger partial charge in [-0.15, -0.1) is 0 Å². The van der Waals surface area contributed by atoms with Gasteiger partial charge in [-0.1, -0.05) is 13.8 Å². The van der Waals surface area contributed by atoms with E-state index in [1.165, 1.54) is 31.6 Å². The van der Waals surface area contributed by atoms with E-state index in [2.05, 4.69) is 28.7 Å². The number of aryl methyl sites for hydroxylation is 1. The van der Waals surface area contributed by atoms with Crippen molar-refractivity contribution in [1.82, 2.24) is 14.9 Å². The Balaban J connectivity index is 1.85. The molecule has 2 rings (SSSR count). The maximum absolute atomic E-state index is 4.27. The fourth-order valence-electron chi connectivity index (χ4n) is 2.42. The number of hydrogen-bond donors (Lipinski definition) is 1. The highest BCUT2D eigenvalue weighted by atomic mass is 15.0. The van der Waals surface area contributed by atoms with Crippen molar-refractivity contribution in [3.05, 3.63) is 18.2 Å². The highest BCUT2D eigenvalue weighted by Crippen LogP contribution is 2.15. The van der Waals surface area contributed by atoms with E-state index >= 15 is 0 Å². The van der Waals surface area contributed by atoms with Crippen LogP contribution < -0.4 is 5.32 Å². The van der Waals surface area contributed by atoms with Crippen molar-refractivity contribution in [2.75, 3.05) is 13.1 Å². The van der Waals surface area contributed by atoms with Crippen molar-refractivity contribution in [2.45, 2.75) is 39.7 Å². The minimum atomic E-state index is 0.712. The van der Waals surface area contributed by atoms with Crippen molar-refractivity contribution in [3.63, 3.8) is 0 Å². The molecule has 1 N–H and O–H groups in total. The molecule has 0 amide bonds. The fraction of sp³-hybridized carbons (Fsp3) is 0.769. The molecule has 3 heteroatoms. The molecule has 0 aromatic carbocycles. The number of hydrogen-bond acceptors (Lipinski definition) is 2. The minimum Gasteiger partial charge on any atom is -0.335 e. The number of imidazole rings is 1. The lowest BCUT2D eigenvalue weighted by Crippen LogP contribution is -2.12. The predicted octanol–water partition coefficient (Wildman–Crippen LogP) is 2.08. The fourth-order valence-corrected chi connectivity index (χ4v) is 2.42. The molecule has 0 saturated carbocycles. The monoisotopic (exact) mass is 221 g/mol. The highest BCUT2D eigenvalue weighted by Gasteiger charge is 2.14. The smallest absolute Gasteiger partial charge is 0.0948 e. The summed E-state index contributed by atoms with van der Waals surface area (Å²) in [6, 6.07) is 0. The first kappa shape index (κ1) is 11.6. The van der Waals surface area contributed by atoms with E-state index in [-0.39, 0.29) is 0 Å². The Labute approximate surface area is 98.3 Å². The molecule has 2 heterocycles. The molecular weight excluding hydrogens is 198 g/mol. The molecule has 1 atom stereocenters. The van der Waals surface area contributed by atoms with Gasteiger partial charge in [0.25, 0.3) is 0 Å². The van der Waals surface area contributed by atoms with Crippen molar-refractivity contribution in [1.29, 1.82) is 0 Å². The number of nitrogens with one attached hydrogen (secondary N) is 1. The highest BCUT2D eigenvalue weighted by molar-refractivity contribution is 4.99. The van der Waals surface area contributed by atoms with Crippen molar-refractivity contribution in [2.24, 2.45) is 11.8 Å². The van der Waals surface area contributed by atoms with Gasteiger partial charge in [-0.05, 0) is 44.2 Å². The average Bonchev–Trinajstić information content (AvgIpc) is 2.84. The first-order valence-electron chi connectivity index (χ1n) is 6.45. The molecule has 1 aliphatic heterocycles. The van der Waals surface area contributed by atoms with Gasteiger partial charge in [0.15, 0.2) is 0 Å². The molecule has 0 bridgehead atoms. The minimum absolute atomic E-state index is 0.712. The zero-order valence-electron chi connectivity index (χ0n) is 10.4. The molecule has 16 heavy (non-hydrogen) atoms. The Kier molecular flexibility index (Phi) is 3.99. The molecule has 1 unspecified atom stereocenters. The number of rotatable bonds is 5. The molecule has 1 aromatic rings. The molecular formula is C13H23N3. The lowest BCUT2D eigenvalue weighted by Gasteiger charge is -2.12. The quantitative estimate of drug-likeness (QED) is 0.825. The van der Waals surface area contributed by atoms with Crippen LogP contribution in [0.4, 0.5) is 0 Å². The van der Waals surface area contributed by atoms with Gasteiger partial charge in [-0.2, -0.15) is 0 Å². The van der Waals surface area contributed by atoms with E-state index in [1.54, 1.807) is 0 Å². The zero-order chi connectivity index (χ0) is 11.4. The first-order valence-corrected chi connectivity index (χ1v) is 6.45. The standard InChI is InChI=1S/C13H23N3/c1-11(2)7-13-9-15-10-16(13)6-4-12-3-5-14-8-12/h9-12,14H,3-8H2,1-2H3. The third-order valence-corrected chi connectivity index (χ3v) is 3.36. The largest absolute Gasteiger partial charge is 0.335 e. The van der Waals surface area contributed by atoms with Crippen LogP contribution in [0.2, 0.25) is 0 Å². The summed E-state index contributed by atoms with van der Waals surface area (Å²) in [5, 5.41) is 3.42. The van der Waals surface area contributed by atoms with Crippen LogP contribution in [-0.2, 0) is 13.0 Å². The van der Waals surface area contributed by atoms with E-state index in [0.29, 0.717) is 5.92 Å². The molecule has 0 spiro atoms. The number of nitrogens with zero attached hydrogens (tertiary/aromatic N) is 2. The van der Waals surface area contributed by atoms with Crippen LogP contribution in [0.5, 0.6) is 0 Å². The number of aromatic nitrogens is 2. The van der Waals surface area contributed by atoms with Gasteiger partial charge < -0.3 is 9.88 Å². The molecule has 0 radical (unpaired) electrons. The predicted molar refractivity (Wildman–Crippen MR) is 66.4 cm³/mol. The summed E-state index contributed by atoms with van der Waals surface area (Å²) in [5.41, 5.74) is 1.39. The Morgan fingerprint density at radius 3 is 3.12 bits per heavy atom. The van der Waals surface area contributed by atoms with Crippen LogP contribution in [0, 0.1) is 11.8 Å². The summed E-state index contributed by atoms with van der Waals surface area (Å²) in [6.07, 6.45) is 7.78. The van der Waals surface area contributed by atoms with Crippen LogP contribution in [0.3, 0.4) is 0 Å². The van der Waals surface area contributed by atoms with E-state index < -0.39 is 0 Å². The van der Waals surface area contributed by atoms with Gasteiger partial charge >= 0.3 is 0 Å². The van der Waals surface area contributed by atoms with Gasteiger partial charge in [0, 0.05) is 18.4 Å². The van der Waals surface area contributed by atoms with Gasteiger partial charge in [0.2, 0.25) is 0 Å². The topological polar surface area (TPSA) is 29.9 Å². The first-order chi connectivity index (χ1) is 7.75. The van der Waals surface area contributed by atoms with Crippen LogP contribution in [-0.4, -0.2) is 22.6 Å². The third-order valence-electron chi connectivity index (χ3n) is 3.36. The van der Waals surface area contributed by atoms with Crippen molar-refractivity contribution < 1.29 is 0 Å². The molecule has 1 aromatic heterocycles. The lowest BCUT2D eigenvalue weighted by molar-refractivity contribution is 0.467. The van der Waals surface area contributed by atoms with E-state index in [0.717, 1.165) is 18.9 Å². The van der Waals surface area contributed by atoms with Gasteiger partial charge in [0.05, 0.1) is 6.33 Å². The van der Waals surface area contributed by atoms with Gasteiger partial charge in [-0.25, -0.2) is 4.98 Å². The Morgan fingerprint density at radius 1 is 1.56 bits per heavy atom. The molecule has 1 fully saturated rings. The van der Waals surface area contributed by atoms with E-state index in [9.17, 15) is 0 Å². The zero-order valence-corrected chi connectivity index (χ0v) is 10.4. The second kappa shape index (κ2) is 5.48. The summed E-state index contributed by atoms with van der Waals surface area (Å²) >= 11 is 0. The van der Waals surface area contributed by atoms with Gasteiger partial charge in [-0.3, -0.25) is 0 Å². The summed E-state index contributed by atoms with van der Waals surface area (Å²) in [4.78, 5) is 4.27. The average molecular weight is 221 g/mol.